The summed E-state index contributed by atoms with van der Waals surface area (Å²) >= 11 is 0. The van der Waals surface area contributed by atoms with Crippen molar-refractivity contribution in [1.29, 1.82) is 0 Å². The van der Waals surface area contributed by atoms with Crippen LogP contribution in [0.15, 0.2) is 77.4 Å². The Labute approximate surface area is 150 Å². The highest BCUT2D eigenvalue weighted by molar-refractivity contribution is 5.45. The zero-order chi connectivity index (χ0) is 18.7. The predicted molar refractivity (Wildman–Crippen MR) is 101 cm³/mol. The molecule has 0 aliphatic carbocycles. The lowest BCUT2D eigenvalue weighted by atomic mass is 10.1. The number of nitrogens with zero attached hydrogens (tertiary/aromatic N) is 3. The van der Waals surface area contributed by atoms with Gasteiger partial charge < -0.3 is 5.11 Å². The van der Waals surface area contributed by atoms with E-state index in [1.807, 2.05) is 24.3 Å². The Balaban J connectivity index is 2.08. The van der Waals surface area contributed by atoms with Crippen molar-refractivity contribution in [3.8, 4) is 17.3 Å². The highest BCUT2D eigenvalue weighted by atomic mass is 16.3. The highest BCUT2D eigenvalue weighted by Gasteiger charge is 2.15. The van der Waals surface area contributed by atoms with E-state index in [4.69, 9.17) is 0 Å². The quantitative estimate of drug-likeness (QED) is 0.542. The lowest BCUT2D eigenvalue weighted by Crippen LogP contribution is -2.22. The van der Waals surface area contributed by atoms with Gasteiger partial charge in [0.1, 0.15) is 6.04 Å². The molecule has 132 valence electrons. The molecule has 3 rings (SSSR count). The summed E-state index contributed by atoms with van der Waals surface area (Å²) in [4.78, 5) is 23.6. The molecule has 1 unspecified atom stereocenters. The fourth-order valence-electron chi connectivity index (χ4n) is 2.89. The second-order valence-electron chi connectivity index (χ2n) is 5.97. The van der Waals surface area contributed by atoms with E-state index in [0.29, 0.717) is 17.8 Å². The molecule has 0 radical (unpaired) electrons. The van der Waals surface area contributed by atoms with E-state index in [2.05, 4.69) is 11.8 Å². The van der Waals surface area contributed by atoms with Gasteiger partial charge in [-0.1, -0.05) is 41.6 Å². The Bertz CT molecular complexity index is 1000. The summed E-state index contributed by atoms with van der Waals surface area (Å²) in [6, 6.07) is 13.8. The Morgan fingerprint density at radius 3 is 2.54 bits per heavy atom. The maximum absolute atomic E-state index is 12.9. The van der Waals surface area contributed by atoms with Crippen LogP contribution in [0.4, 0.5) is 0 Å². The molecule has 1 heterocycles. The van der Waals surface area contributed by atoms with Gasteiger partial charge >= 0.3 is 5.69 Å². The van der Waals surface area contributed by atoms with E-state index < -0.39 is 6.04 Å². The number of allylic oxidation sites excluding steroid dienone is 1. The molecular formula is C20H19N3O3. The molecule has 0 bridgehead atoms. The van der Waals surface area contributed by atoms with Crippen LogP contribution in [0.5, 0.6) is 5.88 Å². The van der Waals surface area contributed by atoms with Crippen LogP contribution in [0.2, 0.25) is 0 Å². The number of aromatic hydroxyl groups is 1. The number of benzene rings is 2. The van der Waals surface area contributed by atoms with Crippen molar-refractivity contribution in [1.82, 2.24) is 9.13 Å². The Hall–Kier alpha value is -3.41. The van der Waals surface area contributed by atoms with Crippen LogP contribution >= 0.6 is 0 Å². The summed E-state index contributed by atoms with van der Waals surface area (Å²) in [6.45, 7) is 5.43. The number of imidazole rings is 1. The number of hydrogen-bond acceptors (Lipinski definition) is 4. The molecule has 1 atom stereocenters. The minimum Gasteiger partial charge on any atom is -0.493 e. The van der Waals surface area contributed by atoms with Crippen molar-refractivity contribution in [3.63, 3.8) is 0 Å². The van der Waals surface area contributed by atoms with E-state index in [9.17, 15) is 14.8 Å². The van der Waals surface area contributed by atoms with Gasteiger partial charge in [0.2, 0.25) is 5.88 Å². The standard InChI is InChI=1S/C20H19N3O3/c1-3-6-16-7-4-5-8-18(16)22-13-19(24)23(20(22)25)17-11-9-15(10-12-17)14(2)21-26/h3-5,7-14,24H,1,6H2,2H3. The third kappa shape index (κ3) is 3.09. The first kappa shape index (κ1) is 17.4. The fraction of sp³-hybridized carbons (Fsp3) is 0.150. The molecular weight excluding hydrogens is 330 g/mol. The van der Waals surface area contributed by atoms with Crippen LogP contribution < -0.4 is 5.69 Å². The first-order valence-corrected chi connectivity index (χ1v) is 8.22. The Morgan fingerprint density at radius 1 is 1.19 bits per heavy atom. The second-order valence-corrected chi connectivity index (χ2v) is 5.97. The molecule has 1 N–H and O–H groups in total. The summed E-state index contributed by atoms with van der Waals surface area (Å²) < 4.78 is 2.63. The number of para-hydroxylation sites is 1. The molecule has 6 heteroatoms. The topological polar surface area (TPSA) is 76.6 Å². The maximum atomic E-state index is 12.9. The van der Waals surface area contributed by atoms with E-state index in [-0.39, 0.29) is 11.6 Å². The summed E-state index contributed by atoms with van der Waals surface area (Å²) in [6.07, 6.45) is 3.77. The highest BCUT2D eigenvalue weighted by Crippen LogP contribution is 2.22. The van der Waals surface area contributed by atoms with E-state index >= 15 is 0 Å². The molecule has 0 fully saturated rings. The fourth-order valence-corrected chi connectivity index (χ4v) is 2.89. The smallest absolute Gasteiger partial charge is 0.340 e. The van der Waals surface area contributed by atoms with Crippen LogP contribution in [-0.4, -0.2) is 14.2 Å². The van der Waals surface area contributed by atoms with Gasteiger partial charge in [-0.3, -0.25) is 4.57 Å². The van der Waals surface area contributed by atoms with Gasteiger partial charge in [-0.25, -0.2) is 9.36 Å². The SMILES string of the molecule is C=CCc1ccccc1-n1cc(O)n(-c2ccc(C(C)N=O)cc2)c1=O. The molecule has 3 aromatic rings. The van der Waals surface area contributed by atoms with E-state index in [1.165, 1.54) is 15.3 Å². The second kappa shape index (κ2) is 7.23. The lowest BCUT2D eigenvalue weighted by molar-refractivity contribution is 0.441. The molecule has 0 saturated carbocycles. The number of rotatable bonds is 6. The van der Waals surface area contributed by atoms with Crippen molar-refractivity contribution in [2.24, 2.45) is 5.18 Å². The number of nitroso groups, excluding NO2 is 1. The first-order chi connectivity index (χ1) is 12.6. The molecule has 26 heavy (non-hydrogen) atoms. The van der Waals surface area contributed by atoms with Gasteiger partial charge in [0.05, 0.1) is 17.6 Å². The van der Waals surface area contributed by atoms with Crippen LogP contribution in [0.1, 0.15) is 24.1 Å². The molecule has 0 amide bonds. The minimum atomic E-state index is -0.468. The third-order valence-electron chi connectivity index (χ3n) is 4.28. The largest absolute Gasteiger partial charge is 0.493 e. The number of aromatic nitrogens is 2. The van der Waals surface area contributed by atoms with Crippen LogP contribution in [0.3, 0.4) is 0 Å². The summed E-state index contributed by atoms with van der Waals surface area (Å²) in [7, 11) is 0. The molecule has 0 aliphatic rings. The molecule has 1 aromatic heterocycles. The van der Waals surface area contributed by atoms with Gasteiger partial charge in [0.15, 0.2) is 0 Å². The summed E-state index contributed by atoms with van der Waals surface area (Å²) in [5.41, 5.74) is 2.50. The molecule has 6 nitrogen and oxygen atoms in total. The average molecular weight is 349 g/mol. The van der Waals surface area contributed by atoms with Crippen molar-refractivity contribution >= 4 is 0 Å². The van der Waals surface area contributed by atoms with Gasteiger partial charge in [-0.15, -0.1) is 6.58 Å². The van der Waals surface area contributed by atoms with Crippen LogP contribution in [0, 0.1) is 4.91 Å². The predicted octanol–water partition coefficient (Wildman–Crippen LogP) is 3.89. The molecule has 2 aromatic carbocycles. The van der Waals surface area contributed by atoms with Crippen LogP contribution in [0.25, 0.3) is 11.4 Å². The van der Waals surface area contributed by atoms with Crippen molar-refractivity contribution in [2.45, 2.75) is 19.4 Å². The monoisotopic (exact) mass is 349 g/mol. The van der Waals surface area contributed by atoms with E-state index in [0.717, 1.165) is 11.1 Å². The van der Waals surface area contributed by atoms with Crippen molar-refractivity contribution in [3.05, 3.63) is 93.9 Å². The Morgan fingerprint density at radius 2 is 1.88 bits per heavy atom. The van der Waals surface area contributed by atoms with Gasteiger partial charge in [0, 0.05) is 0 Å². The summed E-state index contributed by atoms with van der Waals surface area (Å²) in [5.74, 6) is -0.169. The van der Waals surface area contributed by atoms with Crippen molar-refractivity contribution in [2.75, 3.05) is 0 Å². The minimum absolute atomic E-state index is 0.169. The average Bonchev–Trinajstić information content (AvgIpc) is 2.96. The maximum Gasteiger partial charge on any atom is 0.340 e. The normalized spacial score (nSPS) is 11.9. The third-order valence-corrected chi connectivity index (χ3v) is 4.28. The molecule has 0 saturated heterocycles. The van der Waals surface area contributed by atoms with Gasteiger partial charge in [-0.2, -0.15) is 4.91 Å². The zero-order valence-electron chi connectivity index (χ0n) is 14.4. The number of hydrogen-bond donors (Lipinski definition) is 1. The Kier molecular flexibility index (Phi) is 4.84. The lowest BCUT2D eigenvalue weighted by Gasteiger charge is -2.08. The zero-order valence-corrected chi connectivity index (χ0v) is 14.4. The molecule has 0 spiro atoms. The molecule has 0 aliphatic heterocycles. The van der Waals surface area contributed by atoms with Gasteiger partial charge in [0.25, 0.3) is 0 Å². The van der Waals surface area contributed by atoms with Crippen molar-refractivity contribution < 1.29 is 5.11 Å². The summed E-state index contributed by atoms with van der Waals surface area (Å²) in [5, 5.41) is 13.3. The van der Waals surface area contributed by atoms with Gasteiger partial charge in [-0.05, 0) is 42.7 Å². The first-order valence-electron chi connectivity index (χ1n) is 8.22. The van der Waals surface area contributed by atoms with E-state index in [1.54, 1.807) is 37.3 Å². The van der Waals surface area contributed by atoms with Crippen LogP contribution in [-0.2, 0) is 6.42 Å².